The molecule has 4 rings (SSSR count). The zero-order valence-electron chi connectivity index (χ0n) is 12.7. The van der Waals surface area contributed by atoms with E-state index in [0.29, 0.717) is 16.3 Å². The molecule has 23 heavy (non-hydrogen) atoms. The van der Waals surface area contributed by atoms with Gasteiger partial charge in [0, 0.05) is 36.0 Å². The molecular weight excluding hydrogens is 312 g/mol. The van der Waals surface area contributed by atoms with Crippen LogP contribution in [0.3, 0.4) is 0 Å². The molecule has 0 bridgehead atoms. The molecular formula is C17H15ClN4O. The number of anilines is 1. The van der Waals surface area contributed by atoms with Gasteiger partial charge in [0.25, 0.3) is 0 Å². The fraction of sp³-hybridized carbons (Fsp3) is 0.176. The first-order valence-corrected chi connectivity index (χ1v) is 7.71. The predicted octanol–water partition coefficient (Wildman–Crippen LogP) is 3.44. The summed E-state index contributed by atoms with van der Waals surface area (Å²) in [5.41, 5.74) is 2.22. The smallest absolute Gasteiger partial charge is 0.159 e. The maximum atomic E-state index is 10.1. The second-order valence-corrected chi connectivity index (χ2v) is 6.02. The summed E-state index contributed by atoms with van der Waals surface area (Å²) in [7, 11) is 1.99. The maximum absolute atomic E-state index is 10.1. The molecule has 2 aliphatic rings. The molecule has 116 valence electrons. The van der Waals surface area contributed by atoms with Crippen LogP contribution in [0.1, 0.15) is 12.5 Å². The van der Waals surface area contributed by atoms with Crippen LogP contribution in [0.25, 0.3) is 11.1 Å². The van der Waals surface area contributed by atoms with Crippen molar-refractivity contribution in [3.63, 3.8) is 0 Å². The molecule has 1 aromatic heterocycles. The van der Waals surface area contributed by atoms with Crippen molar-refractivity contribution in [1.29, 1.82) is 0 Å². The Morgan fingerprint density at radius 3 is 2.78 bits per heavy atom. The van der Waals surface area contributed by atoms with Crippen molar-refractivity contribution in [3.8, 4) is 16.9 Å². The average molecular weight is 327 g/mol. The lowest BCUT2D eigenvalue weighted by Gasteiger charge is -2.32. The Hall–Kier alpha value is -2.37. The summed E-state index contributed by atoms with van der Waals surface area (Å²) in [5, 5.41) is 14.4. The Labute approximate surface area is 139 Å². The molecule has 1 N–H and O–H groups in total. The molecule has 0 spiro atoms. The standard InChI is InChI=1S/C17H15ClN4O/c1-10-7-15-19-9-11-8-13(12-5-3-4-6-14(12)23)16(18)20-17(11)22(15)21(10)2/h3-10,23H,1-2H3. The van der Waals surface area contributed by atoms with Crippen LogP contribution in [0.5, 0.6) is 5.75 Å². The average Bonchev–Trinajstić information content (AvgIpc) is 2.83. The Bertz CT molecular complexity index is 862. The number of aromatic hydroxyl groups is 1. The summed E-state index contributed by atoms with van der Waals surface area (Å²) in [5.74, 6) is 1.78. The van der Waals surface area contributed by atoms with Gasteiger partial charge in [0.2, 0.25) is 0 Å². The van der Waals surface area contributed by atoms with E-state index < -0.39 is 0 Å². The Morgan fingerprint density at radius 2 is 2.00 bits per heavy atom. The summed E-state index contributed by atoms with van der Waals surface area (Å²) < 4.78 is 0. The van der Waals surface area contributed by atoms with Crippen LogP contribution < -0.4 is 5.01 Å². The van der Waals surface area contributed by atoms with Gasteiger partial charge in [-0.1, -0.05) is 29.8 Å². The summed E-state index contributed by atoms with van der Waals surface area (Å²) in [6.07, 6.45) is 3.86. The van der Waals surface area contributed by atoms with Crippen LogP contribution in [0.4, 0.5) is 5.82 Å². The van der Waals surface area contributed by atoms with Gasteiger partial charge in [-0.3, -0.25) is 0 Å². The van der Waals surface area contributed by atoms with Crippen molar-refractivity contribution in [1.82, 2.24) is 9.99 Å². The highest BCUT2D eigenvalue weighted by Gasteiger charge is 2.32. The number of pyridine rings is 1. The summed E-state index contributed by atoms with van der Waals surface area (Å²) in [6.45, 7) is 2.10. The first-order valence-electron chi connectivity index (χ1n) is 7.34. The number of para-hydroxylation sites is 1. The molecule has 0 radical (unpaired) electrons. The number of benzene rings is 1. The third-order valence-electron chi connectivity index (χ3n) is 4.23. The number of rotatable bonds is 1. The molecule has 5 nitrogen and oxygen atoms in total. The highest BCUT2D eigenvalue weighted by molar-refractivity contribution is 6.32. The summed E-state index contributed by atoms with van der Waals surface area (Å²) >= 11 is 6.41. The van der Waals surface area contributed by atoms with Gasteiger partial charge in [-0.2, -0.15) is 0 Å². The Morgan fingerprint density at radius 1 is 1.22 bits per heavy atom. The highest BCUT2D eigenvalue weighted by Crippen LogP contribution is 2.39. The van der Waals surface area contributed by atoms with Gasteiger partial charge in [0.1, 0.15) is 16.7 Å². The van der Waals surface area contributed by atoms with Crippen LogP contribution in [0, 0.1) is 0 Å². The lowest BCUT2D eigenvalue weighted by molar-refractivity contribution is 0.314. The predicted molar refractivity (Wildman–Crippen MR) is 91.7 cm³/mol. The SMILES string of the molecule is CC1C=C2N=Cc3cc(-c4ccccc4O)c(Cl)nc3N2N1C. The van der Waals surface area contributed by atoms with Crippen LogP contribution in [0.2, 0.25) is 5.15 Å². The van der Waals surface area contributed by atoms with Gasteiger partial charge < -0.3 is 5.11 Å². The van der Waals surface area contributed by atoms with E-state index in [4.69, 9.17) is 11.6 Å². The highest BCUT2D eigenvalue weighted by atomic mass is 35.5. The molecule has 1 atom stereocenters. The van der Waals surface area contributed by atoms with Crippen LogP contribution >= 0.6 is 11.6 Å². The number of hydrazine groups is 1. The number of phenols is 1. The van der Waals surface area contributed by atoms with Crippen molar-refractivity contribution in [2.75, 3.05) is 12.1 Å². The number of aliphatic imine (C=N–C) groups is 1. The molecule has 2 aliphatic heterocycles. The van der Waals surface area contributed by atoms with E-state index in [9.17, 15) is 5.11 Å². The molecule has 3 heterocycles. The van der Waals surface area contributed by atoms with Crippen molar-refractivity contribution in [2.45, 2.75) is 13.0 Å². The van der Waals surface area contributed by atoms with Crippen LogP contribution in [-0.4, -0.2) is 34.4 Å². The maximum Gasteiger partial charge on any atom is 0.159 e. The van der Waals surface area contributed by atoms with Crippen LogP contribution in [0.15, 0.2) is 47.2 Å². The summed E-state index contributed by atoms with van der Waals surface area (Å²) in [4.78, 5) is 9.06. The Balaban J connectivity index is 1.87. The van der Waals surface area contributed by atoms with E-state index >= 15 is 0 Å². The molecule has 6 heteroatoms. The van der Waals surface area contributed by atoms with Gasteiger partial charge in [-0.05, 0) is 25.1 Å². The number of fused-ring (bicyclic) bond motifs is 3. The zero-order chi connectivity index (χ0) is 16.1. The van der Waals surface area contributed by atoms with Crippen molar-refractivity contribution in [3.05, 3.63) is 52.9 Å². The van der Waals surface area contributed by atoms with Crippen LogP contribution in [-0.2, 0) is 0 Å². The Kier molecular flexibility index (Phi) is 3.14. The van der Waals surface area contributed by atoms with Gasteiger partial charge >= 0.3 is 0 Å². The minimum Gasteiger partial charge on any atom is -0.507 e. The van der Waals surface area contributed by atoms with Gasteiger partial charge in [0.05, 0.1) is 0 Å². The van der Waals surface area contributed by atoms with E-state index in [1.807, 2.05) is 30.3 Å². The number of aromatic nitrogens is 1. The lowest BCUT2D eigenvalue weighted by atomic mass is 10.0. The fourth-order valence-electron chi connectivity index (χ4n) is 2.88. The van der Waals surface area contributed by atoms with E-state index in [-0.39, 0.29) is 11.8 Å². The monoisotopic (exact) mass is 326 g/mol. The van der Waals surface area contributed by atoms with Gasteiger partial charge in [-0.25, -0.2) is 20.0 Å². The minimum absolute atomic E-state index is 0.177. The molecule has 0 fully saturated rings. The van der Waals surface area contributed by atoms with E-state index in [2.05, 4.69) is 28.0 Å². The zero-order valence-corrected chi connectivity index (χ0v) is 13.5. The topological polar surface area (TPSA) is 52.0 Å². The van der Waals surface area contributed by atoms with E-state index in [1.54, 1.807) is 18.3 Å². The number of hydrogen-bond donors (Lipinski definition) is 1. The van der Waals surface area contributed by atoms with Crippen molar-refractivity contribution in [2.24, 2.45) is 4.99 Å². The second-order valence-electron chi connectivity index (χ2n) is 5.67. The van der Waals surface area contributed by atoms with Gasteiger partial charge in [0.15, 0.2) is 5.82 Å². The van der Waals surface area contributed by atoms with Crippen molar-refractivity contribution >= 4 is 23.6 Å². The first-order chi connectivity index (χ1) is 11.1. The minimum atomic E-state index is 0.177. The lowest BCUT2D eigenvalue weighted by Crippen LogP contribution is -2.40. The number of halogens is 1. The van der Waals surface area contributed by atoms with Gasteiger partial charge in [-0.15, -0.1) is 0 Å². The molecule has 1 unspecified atom stereocenters. The third-order valence-corrected chi connectivity index (χ3v) is 4.52. The molecule has 0 saturated heterocycles. The number of likely N-dealkylation sites (N-methyl/N-ethyl adjacent to an activating group) is 1. The van der Waals surface area contributed by atoms with E-state index in [0.717, 1.165) is 17.2 Å². The van der Waals surface area contributed by atoms with E-state index in [1.165, 1.54) is 0 Å². The van der Waals surface area contributed by atoms with Crippen molar-refractivity contribution < 1.29 is 5.11 Å². The fourth-order valence-corrected chi connectivity index (χ4v) is 3.12. The first kappa shape index (κ1) is 14.2. The molecule has 2 aromatic rings. The number of hydrogen-bond acceptors (Lipinski definition) is 5. The quantitative estimate of drug-likeness (QED) is 0.816. The molecule has 1 aromatic carbocycles. The molecule has 0 saturated carbocycles. The second kappa shape index (κ2) is 5.08. The normalized spacial score (nSPS) is 19.5. The number of nitrogens with zero attached hydrogens (tertiary/aromatic N) is 4. The number of phenolic OH excluding ortho intramolecular Hbond substituents is 1. The molecule has 0 amide bonds. The summed E-state index contributed by atoms with van der Waals surface area (Å²) in [6, 6.07) is 9.24. The molecule has 0 aliphatic carbocycles. The third kappa shape index (κ3) is 2.12. The largest absolute Gasteiger partial charge is 0.507 e.